The smallest absolute Gasteiger partial charge is 0.364 e. The van der Waals surface area contributed by atoms with Gasteiger partial charge < -0.3 is 39.2 Å². The predicted molar refractivity (Wildman–Crippen MR) is 71.9 cm³/mol. The summed E-state index contributed by atoms with van der Waals surface area (Å²) in [5, 5.41) is 10.1. The molecule has 0 aromatic heterocycles. The molecule has 0 spiro atoms. The van der Waals surface area contributed by atoms with Crippen LogP contribution in [0.25, 0.3) is 0 Å². The topological polar surface area (TPSA) is 230 Å². The van der Waals surface area contributed by atoms with Gasteiger partial charge in [0.1, 0.15) is 12.2 Å². The van der Waals surface area contributed by atoms with Gasteiger partial charge in [-0.2, -0.15) is 0 Å². The largest absolute Gasteiger partial charge is 0.470 e. The van der Waals surface area contributed by atoms with Crippen molar-refractivity contribution in [1.82, 2.24) is 0 Å². The molecule has 5 atom stereocenters. The first-order chi connectivity index (χ1) is 10.4. The van der Waals surface area contributed by atoms with Gasteiger partial charge in [0, 0.05) is 0 Å². The van der Waals surface area contributed by atoms with E-state index in [4.69, 9.17) is 34.1 Å². The molecule has 0 radical (unpaired) electrons. The van der Waals surface area contributed by atoms with E-state index in [0.717, 1.165) is 13.8 Å². The zero-order valence-electron chi connectivity index (χ0n) is 12.1. The Labute approximate surface area is 135 Å². The second-order valence-electron chi connectivity index (χ2n) is 5.02. The standard InChI is InChI=1S/C7H17O14P3/c1-3-4(19-22(9,10)11)5(20-23(12,13)14)6(7(2,8)18-3)21-24(15,16)17/h3-6,8H,1-2H3,(H2,9,10,11)(H2,12,13,14)(H2,15,16,17)/t3-,4-,5+,6+,7+/m1/s1. The van der Waals surface area contributed by atoms with Gasteiger partial charge in [-0.05, 0) is 13.8 Å². The highest BCUT2D eigenvalue weighted by atomic mass is 31.2. The summed E-state index contributed by atoms with van der Waals surface area (Å²) >= 11 is 0. The second-order valence-corrected chi connectivity index (χ2v) is 8.59. The molecule has 144 valence electrons. The van der Waals surface area contributed by atoms with Crippen LogP contribution in [0.1, 0.15) is 13.8 Å². The molecule has 1 fully saturated rings. The van der Waals surface area contributed by atoms with Gasteiger partial charge in [0.05, 0.1) is 6.10 Å². The third-order valence-corrected chi connectivity index (χ3v) is 4.34. The lowest BCUT2D eigenvalue weighted by Gasteiger charge is -2.47. The first-order valence-corrected chi connectivity index (χ1v) is 10.6. The maximum absolute atomic E-state index is 11.1. The van der Waals surface area contributed by atoms with Crippen molar-refractivity contribution < 1.29 is 66.5 Å². The molecule has 0 bridgehead atoms. The summed E-state index contributed by atoms with van der Waals surface area (Å²) in [5.74, 6) is -2.55. The van der Waals surface area contributed by atoms with Gasteiger partial charge in [-0.1, -0.05) is 0 Å². The maximum atomic E-state index is 11.1. The van der Waals surface area contributed by atoms with Crippen LogP contribution in [0.3, 0.4) is 0 Å². The average molecular weight is 418 g/mol. The van der Waals surface area contributed by atoms with E-state index in [1.165, 1.54) is 0 Å². The van der Waals surface area contributed by atoms with E-state index < -0.39 is 53.7 Å². The van der Waals surface area contributed by atoms with Crippen molar-refractivity contribution in [2.75, 3.05) is 0 Å². The fourth-order valence-corrected chi connectivity index (χ4v) is 3.91. The lowest BCUT2D eigenvalue weighted by atomic mass is 9.94. The van der Waals surface area contributed by atoms with Gasteiger partial charge in [-0.25, -0.2) is 13.7 Å². The third-order valence-electron chi connectivity index (χ3n) is 2.81. The molecule has 14 nitrogen and oxygen atoms in total. The highest BCUT2D eigenvalue weighted by Gasteiger charge is 2.57. The Balaban J connectivity index is 3.34. The molecule has 1 aliphatic rings. The van der Waals surface area contributed by atoms with E-state index in [1.807, 2.05) is 0 Å². The van der Waals surface area contributed by atoms with Gasteiger partial charge in [0.25, 0.3) is 0 Å². The van der Waals surface area contributed by atoms with Gasteiger partial charge in [-0.3, -0.25) is 13.6 Å². The molecule has 7 N–H and O–H groups in total. The van der Waals surface area contributed by atoms with Gasteiger partial charge >= 0.3 is 23.5 Å². The first-order valence-electron chi connectivity index (χ1n) is 6.03. The fraction of sp³-hybridized carbons (Fsp3) is 1.00. The Morgan fingerprint density at radius 3 is 1.58 bits per heavy atom. The predicted octanol–water partition coefficient (Wildman–Crippen LogP) is -1.45. The van der Waals surface area contributed by atoms with Crippen molar-refractivity contribution in [2.45, 2.75) is 44.1 Å². The van der Waals surface area contributed by atoms with Crippen LogP contribution in [-0.2, 0) is 32.0 Å². The van der Waals surface area contributed by atoms with E-state index in [1.54, 1.807) is 0 Å². The highest BCUT2D eigenvalue weighted by Crippen LogP contribution is 2.51. The number of ether oxygens (including phenoxy) is 1. The van der Waals surface area contributed by atoms with Gasteiger partial charge in [0.2, 0.25) is 0 Å². The summed E-state index contributed by atoms with van der Waals surface area (Å²) in [6.07, 6.45) is -7.83. The molecule has 0 saturated carbocycles. The molecule has 0 amide bonds. The molecular formula is C7H17O14P3. The Morgan fingerprint density at radius 2 is 1.21 bits per heavy atom. The van der Waals surface area contributed by atoms with Crippen LogP contribution in [0, 0.1) is 0 Å². The number of phosphoric acid groups is 3. The molecule has 24 heavy (non-hydrogen) atoms. The quantitative estimate of drug-likeness (QED) is 0.245. The summed E-state index contributed by atoms with van der Waals surface area (Å²) in [6, 6.07) is 0. The van der Waals surface area contributed by atoms with Crippen LogP contribution < -0.4 is 0 Å². The monoisotopic (exact) mass is 418 g/mol. The van der Waals surface area contributed by atoms with Crippen LogP contribution in [0.4, 0.5) is 0 Å². The minimum Gasteiger partial charge on any atom is -0.364 e. The summed E-state index contributed by atoms with van der Waals surface area (Å²) in [4.78, 5) is 53.4. The summed E-state index contributed by atoms with van der Waals surface area (Å²) in [5.41, 5.74) is 0. The molecule has 0 aliphatic carbocycles. The fourth-order valence-electron chi connectivity index (χ4n) is 2.14. The van der Waals surface area contributed by atoms with E-state index in [9.17, 15) is 18.8 Å². The van der Waals surface area contributed by atoms with Crippen molar-refractivity contribution in [3.63, 3.8) is 0 Å². The number of aliphatic hydroxyl groups is 1. The van der Waals surface area contributed by atoms with E-state index in [0.29, 0.717) is 0 Å². The van der Waals surface area contributed by atoms with E-state index >= 15 is 0 Å². The van der Waals surface area contributed by atoms with Crippen LogP contribution in [-0.4, -0.2) is 64.7 Å². The zero-order valence-corrected chi connectivity index (χ0v) is 14.8. The Kier molecular flexibility index (Phi) is 6.60. The van der Waals surface area contributed by atoms with Crippen molar-refractivity contribution >= 4 is 23.5 Å². The summed E-state index contributed by atoms with van der Waals surface area (Å²) in [7, 11) is -15.9. The molecule has 17 heteroatoms. The van der Waals surface area contributed by atoms with Gasteiger partial charge in [0.15, 0.2) is 11.9 Å². The van der Waals surface area contributed by atoms with Crippen LogP contribution in [0.15, 0.2) is 0 Å². The van der Waals surface area contributed by atoms with Crippen molar-refractivity contribution in [3.8, 4) is 0 Å². The summed E-state index contributed by atoms with van der Waals surface area (Å²) in [6.45, 7) is 1.95. The minimum atomic E-state index is -5.36. The Hall–Kier alpha value is 0.250. The number of hydrogen-bond donors (Lipinski definition) is 7. The molecule has 1 heterocycles. The molecule has 1 aliphatic heterocycles. The normalized spacial score (nSPS) is 35.9. The molecule has 0 aromatic carbocycles. The number of rotatable bonds is 6. The lowest BCUT2D eigenvalue weighted by molar-refractivity contribution is -0.325. The molecule has 1 saturated heterocycles. The molecule has 1 rings (SSSR count). The van der Waals surface area contributed by atoms with E-state index in [-0.39, 0.29) is 0 Å². The van der Waals surface area contributed by atoms with Crippen molar-refractivity contribution in [3.05, 3.63) is 0 Å². The molecule has 0 aromatic rings. The molecular weight excluding hydrogens is 401 g/mol. The zero-order chi connectivity index (χ0) is 19.1. The third kappa shape index (κ3) is 6.87. The van der Waals surface area contributed by atoms with Crippen LogP contribution in [0.2, 0.25) is 0 Å². The minimum absolute atomic E-state index is 0.841. The Morgan fingerprint density at radius 1 is 0.833 bits per heavy atom. The highest BCUT2D eigenvalue weighted by molar-refractivity contribution is 7.47. The molecule has 0 unspecified atom stereocenters. The van der Waals surface area contributed by atoms with Crippen LogP contribution >= 0.6 is 23.5 Å². The SMILES string of the molecule is C[C@H]1O[C@](C)(O)[C@@H](OP(=O)(O)O)[C@@H](OP(=O)(O)O)[C@@H]1OP(=O)(O)O. The second kappa shape index (κ2) is 7.10. The van der Waals surface area contributed by atoms with Gasteiger partial charge in [-0.15, -0.1) is 0 Å². The lowest BCUT2D eigenvalue weighted by Crippen LogP contribution is -2.64. The van der Waals surface area contributed by atoms with Crippen LogP contribution in [0.5, 0.6) is 0 Å². The first kappa shape index (κ1) is 22.3. The summed E-state index contributed by atoms with van der Waals surface area (Å²) < 4.78 is 50.9. The van der Waals surface area contributed by atoms with Crippen molar-refractivity contribution in [1.29, 1.82) is 0 Å². The average Bonchev–Trinajstić information content (AvgIpc) is 2.24. The number of hydrogen-bond acceptors (Lipinski definition) is 8. The number of phosphoric ester groups is 3. The van der Waals surface area contributed by atoms with Crippen molar-refractivity contribution in [2.24, 2.45) is 0 Å². The maximum Gasteiger partial charge on any atom is 0.470 e. The Bertz CT molecular complexity index is 585. The van der Waals surface area contributed by atoms with E-state index in [2.05, 4.69) is 13.6 Å².